The molecular weight excluding hydrogens is 349 g/mol. The molecule has 0 aliphatic carbocycles. The molecule has 0 bridgehead atoms. The Morgan fingerprint density at radius 2 is 1.76 bits per heavy atom. The van der Waals surface area contributed by atoms with Crippen LogP contribution in [0.15, 0.2) is 53.0 Å². The molecular formula is C15H10BrF3O2. The van der Waals surface area contributed by atoms with E-state index in [-0.39, 0.29) is 12.0 Å². The van der Waals surface area contributed by atoms with E-state index in [9.17, 15) is 18.0 Å². The molecule has 110 valence electrons. The van der Waals surface area contributed by atoms with Crippen LogP contribution in [0.2, 0.25) is 0 Å². The Hall–Kier alpha value is -1.82. The second-order valence-corrected chi connectivity index (χ2v) is 5.19. The van der Waals surface area contributed by atoms with Gasteiger partial charge in [0.25, 0.3) is 0 Å². The minimum Gasteiger partial charge on any atom is -0.405 e. The summed E-state index contributed by atoms with van der Waals surface area (Å²) in [7, 11) is 0. The minimum atomic E-state index is -4.84. The van der Waals surface area contributed by atoms with Gasteiger partial charge in [-0.1, -0.05) is 46.3 Å². The number of alkyl halides is 3. The Kier molecular flexibility index (Phi) is 4.67. The molecule has 0 N–H and O–H groups in total. The SMILES string of the molecule is O=C(Cc1ccccc1)c1ccc(Br)cc1OC(F)(F)F. The highest BCUT2D eigenvalue weighted by Crippen LogP contribution is 2.30. The normalized spacial score (nSPS) is 11.2. The number of hydrogen-bond acceptors (Lipinski definition) is 2. The van der Waals surface area contributed by atoms with Gasteiger partial charge in [0.2, 0.25) is 0 Å². The molecule has 2 rings (SSSR count). The van der Waals surface area contributed by atoms with E-state index in [0.29, 0.717) is 4.47 Å². The fourth-order valence-corrected chi connectivity index (χ4v) is 2.15. The fraction of sp³-hybridized carbons (Fsp3) is 0.133. The summed E-state index contributed by atoms with van der Waals surface area (Å²) in [4.78, 5) is 12.2. The number of ether oxygens (including phenoxy) is 1. The first-order valence-corrected chi connectivity index (χ1v) is 6.77. The minimum absolute atomic E-state index is 0.0106. The average Bonchev–Trinajstić information content (AvgIpc) is 2.37. The molecule has 2 aromatic rings. The highest BCUT2D eigenvalue weighted by molar-refractivity contribution is 9.10. The van der Waals surface area contributed by atoms with Crippen LogP contribution in [0.3, 0.4) is 0 Å². The molecule has 0 aliphatic rings. The van der Waals surface area contributed by atoms with Crippen LogP contribution in [0.1, 0.15) is 15.9 Å². The summed E-state index contributed by atoms with van der Waals surface area (Å²) in [5, 5.41) is 0. The maximum atomic E-state index is 12.4. The fourth-order valence-electron chi connectivity index (χ4n) is 1.81. The first-order valence-electron chi connectivity index (χ1n) is 5.97. The predicted molar refractivity (Wildman–Crippen MR) is 75.3 cm³/mol. The van der Waals surface area contributed by atoms with Gasteiger partial charge in [0, 0.05) is 10.9 Å². The van der Waals surface area contributed by atoms with E-state index in [1.807, 2.05) is 0 Å². The molecule has 6 heteroatoms. The van der Waals surface area contributed by atoms with Gasteiger partial charge < -0.3 is 4.74 Å². The lowest BCUT2D eigenvalue weighted by molar-refractivity contribution is -0.274. The number of benzene rings is 2. The molecule has 21 heavy (non-hydrogen) atoms. The third-order valence-electron chi connectivity index (χ3n) is 2.68. The summed E-state index contributed by atoms with van der Waals surface area (Å²) in [6.07, 6.45) is -4.83. The van der Waals surface area contributed by atoms with Gasteiger partial charge in [0.1, 0.15) is 5.75 Å². The monoisotopic (exact) mass is 358 g/mol. The third kappa shape index (κ3) is 4.60. The van der Waals surface area contributed by atoms with E-state index in [1.54, 1.807) is 30.3 Å². The lowest BCUT2D eigenvalue weighted by Crippen LogP contribution is -2.19. The topological polar surface area (TPSA) is 26.3 Å². The van der Waals surface area contributed by atoms with Crippen molar-refractivity contribution < 1.29 is 22.7 Å². The number of halogens is 4. The van der Waals surface area contributed by atoms with Crippen molar-refractivity contribution in [3.8, 4) is 5.75 Å². The third-order valence-corrected chi connectivity index (χ3v) is 3.17. The molecule has 0 saturated heterocycles. The van der Waals surface area contributed by atoms with Crippen LogP contribution in [0, 0.1) is 0 Å². The Morgan fingerprint density at radius 3 is 2.38 bits per heavy atom. The maximum absolute atomic E-state index is 12.4. The van der Waals surface area contributed by atoms with Crippen molar-refractivity contribution in [2.45, 2.75) is 12.8 Å². The van der Waals surface area contributed by atoms with Gasteiger partial charge in [0.05, 0.1) is 5.56 Å². The molecule has 0 heterocycles. The lowest BCUT2D eigenvalue weighted by atomic mass is 10.0. The van der Waals surface area contributed by atoms with E-state index in [1.165, 1.54) is 12.1 Å². The molecule has 0 radical (unpaired) electrons. The van der Waals surface area contributed by atoms with E-state index < -0.39 is 17.9 Å². The van der Waals surface area contributed by atoms with Crippen molar-refractivity contribution in [2.24, 2.45) is 0 Å². The zero-order valence-corrected chi connectivity index (χ0v) is 12.2. The van der Waals surface area contributed by atoms with Crippen molar-refractivity contribution >= 4 is 21.7 Å². The molecule has 0 amide bonds. The Labute approximate surface area is 127 Å². The van der Waals surface area contributed by atoms with Gasteiger partial charge in [-0.25, -0.2) is 0 Å². The number of carbonyl (C=O) groups is 1. The summed E-state index contributed by atoms with van der Waals surface area (Å²) in [6, 6.07) is 12.7. The molecule has 0 aliphatic heterocycles. The van der Waals surface area contributed by atoms with Gasteiger partial charge in [-0.3, -0.25) is 4.79 Å². The summed E-state index contributed by atoms with van der Waals surface area (Å²) in [5.74, 6) is -0.939. The van der Waals surface area contributed by atoms with Crippen LogP contribution in [-0.2, 0) is 6.42 Å². The summed E-state index contributed by atoms with van der Waals surface area (Å²) in [6.45, 7) is 0. The molecule has 0 fully saturated rings. The number of ketones is 1. The van der Waals surface area contributed by atoms with Crippen LogP contribution in [0.25, 0.3) is 0 Å². The standard InChI is InChI=1S/C15H10BrF3O2/c16-11-6-7-12(14(9-11)21-15(17,18)19)13(20)8-10-4-2-1-3-5-10/h1-7,9H,8H2. The van der Waals surface area contributed by atoms with Crippen LogP contribution in [-0.4, -0.2) is 12.1 Å². The van der Waals surface area contributed by atoms with Crippen LogP contribution in [0.4, 0.5) is 13.2 Å². The molecule has 0 saturated carbocycles. The first-order chi connectivity index (χ1) is 9.85. The van der Waals surface area contributed by atoms with E-state index in [4.69, 9.17) is 0 Å². The van der Waals surface area contributed by atoms with Gasteiger partial charge in [0.15, 0.2) is 5.78 Å². The molecule has 0 unspecified atom stereocenters. The molecule has 2 nitrogen and oxygen atoms in total. The smallest absolute Gasteiger partial charge is 0.405 e. The number of rotatable bonds is 4. The molecule has 0 aromatic heterocycles. The van der Waals surface area contributed by atoms with Gasteiger partial charge in [-0.05, 0) is 23.8 Å². The van der Waals surface area contributed by atoms with E-state index in [0.717, 1.165) is 11.6 Å². The summed E-state index contributed by atoms with van der Waals surface area (Å²) >= 11 is 3.06. The van der Waals surface area contributed by atoms with Crippen molar-refractivity contribution in [3.05, 3.63) is 64.1 Å². The Morgan fingerprint density at radius 1 is 1.10 bits per heavy atom. The first kappa shape index (κ1) is 15.6. The van der Waals surface area contributed by atoms with Crippen molar-refractivity contribution in [1.82, 2.24) is 0 Å². The summed E-state index contributed by atoms with van der Waals surface area (Å²) < 4.78 is 41.5. The van der Waals surface area contributed by atoms with Crippen molar-refractivity contribution in [1.29, 1.82) is 0 Å². The van der Waals surface area contributed by atoms with E-state index in [2.05, 4.69) is 20.7 Å². The Bertz CT molecular complexity index is 639. The van der Waals surface area contributed by atoms with Crippen molar-refractivity contribution in [3.63, 3.8) is 0 Å². The van der Waals surface area contributed by atoms with Crippen LogP contribution < -0.4 is 4.74 Å². The summed E-state index contributed by atoms with van der Waals surface area (Å²) in [5.41, 5.74) is 0.628. The largest absolute Gasteiger partial charge is 0.573 e. The highest BCUT2D eigenvalue weighted by Gasteiger charge is 2.33. The predicted octanol–water partition coefficient (Wildman–Crippen LogP) is 4.77. The second kappa shape index (κ2) is 6.30. The second-order valence-electron chi connectivity index (χ2n) is 4.27. The molecule has 2 aromatic carbocycles. The maximum Gasteiger partial charge on any atom is 0.573 e. The lowest BCUT2D eigenvalue weighted by Gasteiger charge is -2.13. The van der Waals surface area contributed by atoms with Gasteiger partial charge in [-0.15, -0.1) is 13.2 Å². The highest BCUT2D eigenvalue weighted by atomic mass is 79.9. The van der Waals surface area contributed by atoms with E-state index >= 15 is 0 Å². The quantitative estimate of drug-likeness (QED) is 0.735. The molecule has 0 atom stereocenters. The zero-order valence-electron chi connectivity index (χ0n) is 10.7. The number of hydrogen-bond donors (Lipinski definition) is 0. The van der Waals surface area contributed by atoms with Gasteiger partial charge in [-0.2, -0.15) is 0 Å². The molecule has 0 spiro atoms. The number of carbonyl (C=O) groups excluding carboxylic acids is 1. The van der Waals surface area contributed by atoms with Crippen molar-refractivity contribution in [2.75, 3.05) is 0 Å². The zero-order chi connectivity index (χ0) is 15.5. The van der Waals surface area contributed by atoms with Crippen LogP contribution in [0.5, 0.6) is 5.75 Å². The van der Waals surface area contributed by atoms with Crippen LogP contribution >= 0.6 is 15.9 Å². The van der Waals surface area contributed by atoms with Gasteiger partial charge >= 0.3 is 6.36 Å². The number of Topliss-reactive ketones (excluding diaryl/α,β-unsaturated/α-hetero) is 1. The average molecular weight is 359 g/mol. The Balaban J connectivity index is 2.28.